The van der Waals surface area contributed by atoms with E-state index in [2.05, 4.69) is 0 Å². The molecule has 0 aliphatic carbocycles. The molecule has 364 valence electrons. The minimum atomic E-state index is -1.02. The van der Waals surface area contributed by atoms with Gasteiger partial charge in [-0.15, -0.1) is 0 Å². The molecule has 0 saturated carbocycles. The Kier molecular flexibility index (Phi) is 59.8. The highest BCUT2D eigenvalue weighted by atomic mass is 16.5. The first kappa shape index (κ1) is 71.4. The number of unbranched alkanes of at least 4 members (excludes halogenated alkanes) is 1. The van der Waals surface area contributed by atoms with Gasteiger partial charge in [0.2, 0.25) is 0 Å². The maximum atomic E-state index is 10.1. The minimum Gasteiger partial charge on any atom is -0.480 e. The summed E-state index contributed by atoms with van der Waals surface area (Å²) in [5.41, 5.74) is 51.3. The zero-order chi connectivity index (χ0) is 50.2. The molecule has 0 aromatic heterocycles. The van der Waals surface area contributed by atoms with Crippen LogP contribution >= 0.6 is 0 Å². The van der Waals surface area contributed by atoms with E-state index in [4.69, 9.17) is 93.1 Å². The molecule has 62 heavy (non-hydrogen) atoms. The zero-order valence-electron chi connectivity index (χ0n) is 36.4. The standard InChI is InChI=1S/C6H14N2O2.2C6H12N2O2.2C5H11NO2.2C5H9NO2/c3*7-4-2-1-3-5(8)6(9)10;4*1-2-3-4(6)5(7)8/h5H,1-4,7-8H2,(H,9,10);1,3,5H,2,4,7-8H2,(H,9,10);1-2,5H,3-4,7-8H2,(H,9,10);2*4H,2-3,6H2,1H3,(H,7,8);2*2-4H,6H2,1H3,(H,7,8)/b;3-1+;2-1+;;;2*3-2+/i3*6+1;;;;. The second-order valence-electron chi connectivity index (χ2n) is 12.2. The first-order chi connectivity index (χ1) is 28.8. The lowest BCUT2D eigenvalue weighted by atomic mass is 10.2. The summed E-state index contributed by atoms with van der Waals surface area (Å²) in [7, 11) is 0. The molecule has 27 N–H and O–H groups in total. The summed E-state index contributed by atoms with van der Waals surface area (Å²) in [5.74, 6) is -6.75. The van der Waals surface area contributed by atoms with Crippen LogP contribution in [0.3, 0.4) is 0 Å². The first-order valence-electron chi connectivity index (χ1n) is 19.3. The molecular formula is C38H78N10O14. The highest BCUT2D eigenvalue weighted by Crippen LogP contribution is 1.97. The van der Waals surface area contributed by atoms with Gasteiger partial charge in [0.25, 0.3) is 0 Å². The number of carboxylic acids is 7. The lowest BCUT2D eigenvalue weighted by Crippen LogP contribution is -2.29. The largest absolute Gasteiger partial charge is 0.480 e. The van der Waals surface area contributed by atoms with Crippen molar-refractivity contribution >= 4 is 41.8 Å². The van der Waals surface area contributed by atoms with Crippen molar-refractivity contribution in [2.45, 2.75) is 128 Å². The van der Waals surface area contributed by atoms with Crippen molar-refractivity contribution in [1.29, 1.82) is 0 Å². The van der Waals surface area contributed by atoms with Crippen LogP contribution in [0.15, 0.2) is 48.6 Å². The molecule has 0 radical (unpaired) electrons. The van der Waals surface area contributed by atoms with E-state index in [0.717, 1.165) is 25.7 Å². The van der Waals surface area contributed by atoms with Gasteiger partial charge in [0, 0.05) is 6.54 Å². The number of hydrogen-bond acceptors (Lipinski definition) is 17. The van der Waals surface area contributed by atoms with Gasteiger partial charge in [-0.1, -0.05) is 81.7 Å². The molecule has 0 rings (SSSR count). The van der Waals surface area contributed by atoms with Gasteiger partial charge in [0.05, 0.1) is 0 Å². The lowest BCUT2D eigenvalue weighted by Gasteiger charge is -2.03. The van der Waals surface area contributed by atoms with Crippen LogP contribution in [0.1, 0.15) is 85.5 Å². The molecule has 24 heteroatoms. The van der Waals surface area contributed by atoms with Gasteiger partial charge in [-0.2, -0.15) is 0 Å². The Hall–Kier alpha value is -5.15. The van der Waals surface area contributed by atoms with Gasteiger partial charge in [0.1, 0.15) is 42.3 Å². The van der Waals surface area contributed by atoms with E-state index in [0.29, 0.717) is 51.7 Å². The molecule has 24 nitrogen and oxygen atoms in total. The number of carbonyl (C=O) groups is 7. The second kappa shape index (κ2) is 52.0. The number of nitrogens with two attached hydrogens (primary N) is 10. The van der Waals surface area contributed by atoms with Crippen LogP contribution in [0.2, 0.25) is 0 Å². The topological polar surface area (TPSA) is 521 Å². The van der Waals surface area contributed by atoms with Crippen molar-refractivity contribution in [2.24, 2.45) is 57.3 Å². The Morgan fingerprint density at radius 3 is 1.00 bits per heavy atom. The molecule has 0 saturated heterocycles. The fraction of sp³-hybridized carbons (Fsp3) is 0.605. The molecule has 0 aliphatic heterocycles. The highest BCUT2D eigenvalue weighted by Gasteiger charge is 2.10. The third-order valence-corrected chi connectivity index (χ3v) is 6.46. The Labute approximate surface area is 364 Å². The van der Waals surface area contributed by atoms with E-state index < -0.39 is 84.1 Å². The van der Waals surface area contributed by atoms with E-state index in [9.17, 15) is 33.6 Å². The Balaban J connectivity index is -0.000000114. The molecule has 0 amide bonds. The van der Waals surface area contributed by atoms with Crippen LogP contribution in [0, 0.1) is 0 Å². The molecule has 0 bridgehead atoms. The van der Waals surface area contributed by atoms with Crippen LogP contribution in [0.5, 0.6) is 0 Å². The van der Waals surface area contributed by atoms with Crippen LogP contribution < -0.4 is 57.3 Å². The number of rotatable bonds is 23. The quantitative estimate of drug-likeness (QED) is 0.0314. The van der Waals surface area contributed by atoms with Crippen LogP contribution in [0.4, 0.5) is 0 Å². The molecule has 0 aliphatic rings. The summed E-state index contributed by atoms with van der Waals surface area (Å²) in [6, 6.07) is -5.44. The van der Waals surface area contributed by atoms with Gasteiger partial charge in [0.15, 0.2) is 0 Å². The Morgan fingerprint density at radius 1 is 0.435 bits per heavy atom. The van der Waals surface area contributed by atoms with Crippen molar-refractivity contribution < 1.29 is 69.3 Å². The van der Waals surface area contributed by atoms with Gasteiger partial charge >= 0.3 is 41.8 Å². The number of aliphatic carboxylic acids is 7. The van der Waals surface area contributed by atoms with Gasteiger partial charge in [-0.25, -0.2) is 0 Å². The third kappa shape index (κ3) is 64.0. The fourth-order valence-corrected chi connectivity index (χ4v) is 2.94. The van der Waals surface area contributed by atoms with Crippen LogP contribution in [0.25, 0.3) is 0 Å². The molecule has 0 heterocycles. The molecule has 0 fully saturated rings. The predicted molar refractivity (Wildman–Crippen MR) is 237 cm³/mol. The van der Waals surface area contributed by atoms with E-state index in [-0.39, 0.29) is 0 Å². The molecular weight excluding hydrogens is 823 g/mol. The summed E-state index contributed by atoms with van der Waals surface area (Å²) >= 11 is 0. The minimum absolute atomic E-state index is 0.340. The number of carboxylic acid groups (broad SMARTS) is 7. The molecule has 0 aromatic carbocycles. The molecule has 7 unspecified atom stereocenters. The molecule has 0 aromatic rings. The van der Waals surface area contributed by atoms with Crippen molar-refractivity contribution in [3.05, 3.63) is 48.6 Å². The monoisotopic (exact) mass is 902 g/mol. The smallest absolute Gasteiger partial charge is 0.324 e. The lowest BCUT2D eigenvalue weighted by molar-refractivity contribution is -0.139. The summed E-state index contributed by atoms with van der Waals surface area (Å²) in [5, 5.41) is 57.5. The Morgan fingerprint density at radius 2 is 0.774 bits per heavy atom. The van der Waals surface area contributed by atoms with Crippen molar-refractivity contribution in [3.8, 4) is 0 Å². The van der Waals surface area contributed by atoms with Gasteiger partial charge in [-0.05, 0) is 65.5 Å². The number of allylic oxidation sites excluding steroid dienone is 2. The van der Waals surface area contributed by atoms with Gasteiger partial charge < -0.3 is 93.1 Å². The first-order valence-corrected chi connectivity index (χ1v) is 19.3. The van der Waals surface area contributed by atoms with Crippen molar-refractivity contribution in [3.63, 3.8) is 0 Å². The normalized spacial score (nSPS) is 13.6. The molecule has 0 spiro atoms. The summed E-state index contributed by atoms with van der Waals surface area (Å²) < 4.78 is 0. The van der Waals surface area contributed by atoms with E-state index in [1.54, 1.807) is 44.2 Å². The maximum Gasteiger partial charge on any atom is 0.324 e. The van der Waals surface area contributed by atoms with E-state index in [1.165, 1.54) is 18.2 Å². The fourth-order valence-electron chi connectivity index (χ4n) is 2.94. The summed E-state index contributed by atoms with van der Waals surface area (Å²) in [6.45, 7) is 8.80. The predicted octanol–water partition coefficient (Wildman–Crippen LogP) is -1.52. The van der Waals surface area contributed by atoms with E-state index in [1.807, 2.05) is 13.8 Å². The van der Waals surface area contributed by atoms with Crippen molar-refractivity contribution in [1.82, 2.24) is 0 Å². The average Bonchev–Trinajstić information content (AvgIpc) is 3.19. The van der Waals surface area contributed by atoms with E-state index >= 15 is 0 Å². The van der Waals surface area contributed by atoms with Crippen LogP contribution in [-0.4, -0.2) is 139 Å². The number of hydrogen-bond donors (Lipinski definition) is 17. The summed E-state index contributed by atoms with van der Waals surface area (Å²) in [4.78, 5) is 70.1. The SMILES string of the molecule is C/C=C/C(N)C(=O)O.C/C=C/C(N)C(=O)O.CCCC(N)C(=O)O.CCCC(N)C(=O)O.NC/C=C/CC(N)[13C](=O)O.NCC/C=C/C(N)[13C](=O)O.NCCCCC(N)[13C](=O)O. The summed E-state index contributed by atoms with van der Waals surface area (Å²) in [6.07, 6.45) is 18.5. The zero-order valence-corrected chi connectivity index (χ0v) is 36.4. The second-order valence-corrected chi connectivity index (χ2v) is 12.2. The van der Waals surface area contributed by atoms with Gasteiger partial charge in [-0.3, -0.25) is 33.6 Å². The third-order valence-electron chi connectivity index (χ3n) is 6.46. The van der Waals surface area contributed by atoms with Crippen molar-refractivity contribution in [2.75, 3.05) is 19.6 Å². The maximum absolute atomic E-state index is 10.1. The highest BCUT2D eigenvalue weighted by molar-refractivity contribution is 5.76. The average molecular weight is 902 g/mol. The van der Waals surface area contributed by atoms with Crippen LogP contribution in [-0.2, 0) is 33.6 Å². The Bertz CT molecular complexity index is 1240. The molecule has 7 atom stereocenters.